The van der Waals surface area contributed by atoms with Crippen LogP contribution in [0.2, 0.25) is 0 Å². The molecule has 0 unspecified atom stereocenters. The largest absolute Gasteiger partial charge is 0.495 e. The Kier molecular flexibility index (Phi) is 7.38. The van der Waals surface area contributed by atoms with E-state index in [1.54, 1.807) is 7.11 Å². The van der Waals surface area contributed by atoms with Crippen LogP contribution >= 0.6 is 12.0 Å². The topological polar surface area (TPSA) is 82.8 Å². The fourth-order valence-electron chi connectivity index (χ4n) is 1.75. The monoisotopic (exact) mass is 300 g/mol. The minimum Gasteiger partial charge on any atom is -0.495 e. The van der Waals surface area contributed by atoms with Crippen molar-refractivity contribution in [1.82, 2.24) is 5.32 Å². The minimum atomic E-state index is 0.0421. The van der Waals surface area contributed by atoms with Crippen molar-refractivity contribution >= 4 is 17.9 Å². The number of carbonyl (C=O) groups excluding carboxylic acids is 1. The predicted molar refractivity (Wildman–Crippen MR) is 76.8 cm³/mol. The molecule has 1 aromatic carbocycles. The van der Waals surface area contributed by atoms with Gasteiger partial charge in [0, 0.05) is 12.5 Å². The Labute approximate surface area is 123 Å². The molecule has 6 nitrogen and oxygen atoms in total. The van der Waals surface area contributed by atoms with Crippen LogP contribution in [0.25, 0.3) is 0 Å². The van der Waals surface area contributed by atoms with Crippen LogP contribution in [0.15, 0.2) is 23.1 Å². The van der Waals surface area contributed by atoms with Crippen LogP contribution in [-0.2, 0) is 20.5 Å². The molecule has 0 saturated carbocycles. The molecule has 0 heterocycles. The highest BCUT2D eigenvalue weighted by Gasteiger charge is 2.10. The lowest BCUT2D eigenvalue weighted by Gasteiger charge is -2.14. The van der Waals surface area contributed by atoms with Gasteiger partial charge in [-0.1, -0.05) is 13.0 Å². The third-order valence-electron chi connectivity index (χ3n) is 2.66. The molecular formula is C13H20N2O4S. The van der Waals surface area contributed by atoms with Gasteiger partial charge in [0.05, 0.1) is 24.0 Å². The quantitative estimate of drug-likeness (QED) is 0.434. The highest BCUT2D eigenvalue weighted by atomic mass is 32.2. The summed E-state index contributed by atoms with van der Waals surface area (Å²) in [5, 5.41) is 2.92. The maximum absolute atomic E-state index is 11.3. The highest BCUT2D eigenvalue weighted by molar-refractivity contribution is 7.94. The number of carbonyl (C=O) groups is 1. The molecule has 0 aliphatic rings. The van der Waals surface area contributed by atoms with Crippen molar-refractivity contribution in [2.75, 3.05) is 7.11 Å². The molecule has 0 saturated heterocycles. The summed E-state index contributed by atoms with van der Waals surface area (Å²) in [6.45, 7) is 3.79. The Morgan fingerprint density at radius 3 is 2.85 bits per heavy atom. The van der Waals surface area contributed by atoms with Gasteiger partial charge >= 0.3 is 0 Å². The third-order valence-corrected chi connectivity index (χ3v) is 3.31. The maximum atomic E-state index is 11.3. The van der Waals surface area contributed by atoms with Gasteiger partial charge in [0.2, 0.25) is 5.91 Å². The average molecular weight is 300 g/mol. The van der Waals surface area contributed by atoms with Crippen LogP contribution in [0.3, 0.4) is 0 Å². The molecule has 20 heavy (non-hydrogen) atoms. The Balaban J connectivity index is 2.72. The van der Waals surface area contributed by atoms with Crippen LogP contribution < -0.4 is 16.0 Å². The Morgan fingerprint density at radius 2 is 2.25 bits per heavy atom. The first-order chi connectivity index (χ1) is 9.60. The van der Waals surface area contributed by atoms with Gasteiger partial charge < -0.3 is 10.1 Å². The molecule has 0 fully saturated rings. The highest BCUT2D eigenvalue weighted by Crippen LogP contribution is 2.31. The summed E-state index contributed by atoms with van der Waals surface area (Å²) in [6.07, 6.45) is 1.20. The van der Waals surface area contributed by atoms with Crippen LogP contribution in [0.1, 0.15) is 25.8 Å². The van der Waals surface area contributed by atoms with E-state index in [1.807, 2.05) is 32.0 Å². The molecule has 1 aromatic rings. The minimum absolute atomic E-state index is 0.0421. The third kappa shape index (κ3) is 5.38. The number of methoxy groups -OCH3 is 1. The second-order valence-electron chi connectivity index (χ2n) is 4.26. The van der Waals surface area contributed by atoms with Crippen molar-refractivity contribution in [1.29, 1.82) is 0 Å². The summed E-state index contributed by atoms with van der Waals surface area (Å²) in [6, 6.07) is 5.75. The first-order valence-corrected chi connectivity index (χ1v) is 7.01. The number of hydrogen-bond donors (Lipinski definition) is 2. The van der Waals surface area contributed by atoms with E-state index in [0.29, 0.717) is 18.6 Å². The molecule has 1 rings (SSSR count). The van der Waals surface area contributed by atoms with E-state index in [9.17, 15) is 4.79 Å². The maximum Gasteiger partial charge on any atom is 0.219 e. The average Bonchev–Trinajstić information content (AvgIpc) is 2.44. The van der Waals surface area contributed by atoms with E-state index in [1.165, 1.54) is 0 Å². The molecule has 0 aromatic heterocycles. The smallest absolute Gasteiger partial charge is 0.219 e. The molecular weight excluding hydrogens is 280 g/mol. The molecule has 3 N–H and O–H groups in total. The summed E-state index contributed by atoms with van der Waals surface area (Å²) in [4.78, 5) is 16.2. The summed E-state index contributed by atoms with van der Waals surface area (Å²) in [5.74, 6) is 5.54. The van der Waals surface area contributed by atoms with Gasteiger partial charge in [0.1, 0.15) is 5.75 Å². The lowest BCUT2D eigenvalue weighted by molar-refractivity contribution is -0.195. The number of nitrogens with two attached hydrogens (primary N) is 1. The molecule has 0 spiro atoms. The molecule has 0 aliphatic carbocycles. The van der Waals surface area contributed by atoms with Crippen LogP contribution in [0.5, 0.6) is 5.75 Å². The fraction of sp³-hybridized carbons (Fsp3) is 0.462. The molecule has 0 radical (unpaired) electrons. The second kappa shape index (κ2) is 8.80. The number of rotatable bonds is 8. The molecule has 1 atom stereocenters. The summed E-state index contributed by atoms with van der Waals surface area (Å²) >= 11 is 0.972. The zero-order chi connectivity index (χ0) is 15.0. The first-order valence-electron chi connectivity index (χ1n) is 6.27. The zero-order valence-electron chi connectivity index (χ0n) is 11.8. The number of ether oxygens (including phenoxy) is 1. The Bertz CT molecular complexity index is 442. The Hall–Kier alpha value is -1.28. The first kappa shape index (κ1) is 16.8. The standard InChI is InChI=1S/C13H20N2O4S/c1-4-13(16)15-9(2)7-10-5-6-11(17-3)12(8-10)20-19-18-14/h5-6,8-9H,4,7,14H2,1-3H3,(H,15,16)/t9-/m1/s1. The number of amides is 1. The molecule has 0 aliphatic heterocycles. The van der Waals surface area contributed by atoms with E-state index in [-0.39, 0.29) is 11.9 Å². The predicted octanol–water partition coefficient (Wildman–Crippen LogP) is 1.98. The van der Waals surface area contributed by atoms with E-state index >= 15 is 0 Å². The van der Waals surface area contributed by atoms with Gasteiger partial charge in [-0.2, -0.15) is 5.90 Å². The van der Waals surface area contributed by atoms with E-state index < -0.39 is 0 Å². The van der Waals surface area contributed by atoms with Gasteiger partial charge in [-0.15, -0.1) is 9.32 Å². The second-order valence-corrected chi connectivity index (χ2v) is 5.00. The van der Waals surface area contributed by atoms with Crippen LogP contribution in [0, 0.1) is 0 Å². The van der Waals surface area contributed by atoms with E-state index in [0.717, 1.165) is 22.5 Å². The van der Waals surface area contributed by atoms with Crippen molar-refractivity contribution in [3.8, 4) is 5.75 Å². The van der Waals surface area contributed by atoms with E-state index in [2.05, 4.69) is 14.6 Å². The van der Waals surface area contributed by atoms with Gasteiger partial charge in [0.15, 0.2) is 0 Å². The lowest BCUT2D eigenvalue weighted by Crippen LogP contribution is -2.33. The zero-order valence-corrected chi connectivity index (χ0v) is 12.7. The van der Waals surface area contributed by atoms with E-state index in [4.69, 9.17) is 10.6 Å². The van der Waals surface area contributed by atoms with Gasteiger partial charge in [-0.25, -0.2) is 0 Å². The van der Waals surface area contributed by atoms with Crippen molar-refractivity contribution in [3.05, 3.63) is 23.8 Å². The van der Waals surface area contributed by atoms with Crippen molar-refractivity contribution in [3.63, 3.8) is 0 Å². The molecule has 1 amide bonds. The molecule has 0 bridgehead atoms. The normalized spacial score (nSPS) is 12.0. The lowest BCUT2D eigenvalue weighted by atomic mass is 10.1. The van der Waals surface area contributed by atoms with Crippen molar-refractivity contribution in [2.24, 2.45) is 5.90 Å². The summed E-state index contributed by atoms with van der Waals surface area (Å²) < 4.78 is 9.87. The Morgan fingerprint density at radius 1 is 1.50 bits per heavy atom. The number of benzene rings is 1. The number of nitrogens with one attached hydrogen (secondary N) is 1. The number of hydrogen-bond acceptors (Lipinski definition) is 6. The van der Waals surface area contributed by atoms with Crippen LogP contribution in [0.4, 0.5) is 0 Å². The molecule has 112 valence electrons. The fourth-order valence-corrected chi connectivity index (χ4v) is 2.30. The van der Waals surface area contributed by atoms with Crippen molar-refractivity contribution < 1.29 is 18.9 Å². The van der Waals surface area contributed by atoms with Crippen molar-refractivity contribution in [2.45, 2.75) is 37.6 Å². The van der Waals surface area contributed by atoms with Gasteiger partial charge in [-0.05, 0) is 31.0 Å². The SMILES string of the molecule is CCC(=O)N[C@H](C)Cc1ccc(OC)c(SOON)c1. The summed E-state index contributed by atoms with van der Waals surface area (Å²) in [7, 11) is 1.58. The van der Waals surface area contributed by atoms with Gasteiger partial charge in [-0.3, -0.25) is 4.79 Å². The molecule has 7 heteroatoms. The van der Waals surface area contributed by atoms with Crippen LogP contribution in [-0.4, -0.2) is 19.1 Å². The summed E-state index contributed by atoms with van der Waals surface area (Å²) in [5.41, 5.74) is 1.05. The van der Waals surface area contributed by atoms with Gasteiger partial charge in [0.25, 0.3) is 0 Å².